The quantitative estimate of drug-likeness (QED) is 0.890. The minimum Gasteiger partial charge on any atom is -0.486 e. The molecular formula is C14H17BrClN3O. The maximum atomic E-state index is 6.20. The van der Waals surface area contributed by atoms with Crippen molar-refractivity contribution in [3.63, 3.8) is 0 Å². The van der Waals surface area contributed by atoms with Crippen LogP contribution in [0.2, 0.25) is 5.02 Å². The molecule has 20 heavy (non-hydrogen) atoms. The highest BCUT2D eigenvalue weighted by Gasteiger charge is 2.12. The van der Waals surface area contributed by atoms with E-state index >= 15 is 0 Å². The molecule has 0 aliphatic heterocycles. The summed E-state index contributed by atoms with van der Waals surface area (Å²) in [6.07, 6.45) is 0. The lowest BCUT2D eigenvalue weighted by Gasteiger charge is -2.10. The van der Waals surface area contributed by atoms with Crippen LogP contribution >= 0.6 is 27.5 Å². The summed E-state index contributed by atoms with van der Waals surface area (Å²) in [7, 11) is 3.79. The zero-order chi connectivity index (χ0) is 14.7. The third kappa shape index (κ3) is 3.34. The molecule has 0 saturated carbocycles. The first-order valence-corrected chi connectivity index (χ1v) is 7.43. The monoisotopic (exact) mass is 357 g/mol. The van der Waals surface area contributed by atoms with E-state index in [1.165, 1.54) is 5.56 Å². The summed E-state index contributed by atoms with van der Waals surface area (Å²) in [5, 5.41) is 8.05. The standard InChI is InChI=1S/C14H17BrClN3O/c1-9-14(16)12(19(3)18-9)8-20-13-5-4-10(7-17-2)6-11(13)15/h4-6,17H,7-8H2,1-3H3. The Labute approximate surface area is 132 Å². The average molecular weight is 359 g/mol. The van der Waals surface area contributed by atoms with Crippen LogP contribution in [-0.2, 0) is 20.2 Å². The van der Waals surface area contributed by atoms with Gasteiger partial charge in [0.2, 0.25) is 0 Å². The van der Waals surface area contributed by atoms with E-state index in [0.29, 0.717) is 11.6 Å². The summed E-state index contributed by atoms with van der Waals surface area (Å²) in [4.78, 5) is 0. The molecule has 0 bridgehead atoms. The molecule has 0 radical (unpaired) electrons. The van der Waals surface area contributed by atoms with Crippen LogP contribution in [0.15, 0.2) is 22.7 Å². The van der Waals surface area contributed by atoms with Crippen LogP contribution in [-0.4, -0.2) is 16.8 Å². The first-order valence-electron chi connectivity index (χ1n) is 6.26. The number of nitrogens with zero attached hydrogens (tertiary/aromatic N) is 2. The van der Waals surface area contributed by atoms with Gasteiger partial charge in [-0.3, -0.25) is 4.68 Å². The number of aromatic nitrogens is 2. The van der Waals surface area contributed by atoms with Crippen LogP contribution < -0.4 is 10.1 Å². The van der Waals surface area contributed by atoms with Gasteiger partial charge in [0.1, 0.15) is 12.4 Å². The molecule has 0 atom stereocenters. The lowest BCUT2D eigenvalue weighted by molar-refractivity contribution is 0.293. The SMILES string of the molecule is CNCc1ccc(OCc2c(Cl)c(C)nn2C)c(Br)c1. The van der Waals surface area contributed by atoms with Crippen molar-refractivity contribution in [1.29, 1.82) is 0 Å². The molecule has 0 spiro atoms. The number of aryl methyl sites for hydroxylation is 2. The molecule has 4 nitrogen and oxygen atoms in total. The number of ether oxygens (including phenoxy) is 1. The van der Waals surface area contributed by atoms with Crippen LogP contribution in [0.5, 0.6) is 5.75 Å². The van der Waals surface area contributed by atoms with E-state index in [1.807, 2.05) is 39.2 Å². The predicted molar refractivity (Wildman–Crippen MR) is 84.2 cm³/mol. The van der Waals surface area contributed by atoms with Crippen molar-refractivity contribution in [3.05, 3.63) is 44.6 Å². The highest BCUT2D eigenvalue weighted by molar-refractivity contribution is 9.10. The van der Waals surface area contributed by atoms with Gasteiger partial charge in [0.05, 0.1) is 20.9 Å². The summed E-state index contributed by atoms with van der Waals surface area (Å²) in [5.74, 6) is 0.791. The first kappa shape index (κ1) is 15.4. The smallest absolute Gasteiger partial charge is 0.134 e. The highest BCUT2D eigenvalue weighted by atomic mass is 79.9. The molecule has 1 aromatic heterocycles. The molecule has 0 aliphatic rings. The second kappa shape index (κ2) is 6.61. The Morgan fingerprint density at radius 2 is 2.20 bits per heavy atom. The molecule has 6 heteroatoms. The average Bonchev–Trinajstić information content (AvgIpc) is 2.64. The minimum atomic E-state index is 0.389. The number of benzene rings is 1. The van der Waals surface area contributed by atoms with Crippen LogP contribution in [0.1, 0.15) is 17.0 Å². The van der Waals surface area contributed by atoms with Gasteiger partial charge < -0.3 is 10.1 Å². The van der Waals surface area contributed by atoms with E-state index in [2.05, 4.69) is 26.3 Å². The summed E-state index contributed by atoms with van der Waals surface area (Å²) in [6, 6.07) is 6.03. The number of halogens is 2. The number of rotatable bonds is 5. The summed E-state index contributed by atoms with van der Waals surface area (Å²) in [6.45, 7) is 3.10. The van der Waals surface area contributed by atoms with Gasteiger partial charge in [-0.05, 0) is 47.6 Å². The van der Waals surface area contributed by atoms with E-state index in [4.69, 9.17) is 16.3 Å². The van der Waals surface area contributed by atoms with Crippen LogP contribution in [0, 0.1) is 6.92 Å². The molecule has 2 aromatic rings. The van der Waals surface area contributed by atoms with Crippen molar-refractivity contribution in [2.24, 2.45) is 7.05 Å². The van der Waals surface area contributed by atoms with Gasteiger partial charge in [-0.1, -0.05) is 17.7 Å². The fraction of sp³-hybridized carbons (Fsp3) is 0.357. The van der Waals surface area contributed by atoms with Crippen molar-refractivity contribution in [3.8, 4) is 5.75 Å². The van der Waals surface area contributed by atoms with Crippen molar-refractivity contribution in [1.82, 2.24) is 15.1 Å². The molecule has 1 N–H and O–H groups in total. The fourth-order valence-corrected chi connectivity index (χ4v) is 2.71. The summed E-state index contributed by atoms with van der Waals surface area (Å²) >= 11 is 9.73. The summed E-state index contributed by atoms with van der Waals surface area (Å²) in [5.41, 5.74) is 2.88. The molecule has 0 amide bonds. The van der Waals surface area contributed by atoms with Gasteiger partial charge in [-0.25, -0.2) is 0 Å². The lowest BCUT2D eigenvalue weighted by atomic mass is 10.2. The van der Waals surface area contributed by atoms with Gasteiger partial charge in [0.15, 0.2) is 0 Å². The minimum absolute atomic E-state index is 0.389. The number of hydrogen-bond acceptors (Lipinski definition) is 3. The zero-order valence-electron chi connectivity index (χ0n) is 11.7. The first-order chi connectivity index (χ1) is 9.52. The molecule has 0 aliphatic carbocycles. The highest BCUT2D eigenvalue weighted by Crippen LogP contribution is 2.28. The van der Waals surface area contributed by atoms with Gasteiger partial charge in [-0.2, -0.15) is 5.10 Å². The Kier molecular flexibility index (Phi) is 5.07. The summed E-state index contributed by atoms with van der Waals surface area (Å²) < 4.78 is 8.50. The van der Waals surface area contributed by atoms with Crippen LogP contribution in [0.4, 0.5) is 0 Å². The maximum Gasteiger partial charge on any atom is 0.134 e. The number of nitrogens with one attached hydrogen (secondary N) is 1. The van der Waals surface area contributed by atoms with Crippen molar-refractivity contribution >= 4 is 27.5 Å². The normalized spacial score (nSPS) is 10.8. The Hall–Kier alpha value is -1.04. The topological polar surface area (TPSA) is 39.1 Å². The van der Waals surface area contributed by atoms with Gasteiger partial charge in [0.25, 0.3) is 0 Å². The molecule has 1 heterocycles. The molecule has 0 saturated heterocycles. The fourth-order valence-electron chi connectivity index (χ4n) is 1.96. The zero-order valence-corrected chi connectivity index (χ0v) is 14.0. The van der Waals surface area contributed by atoms with E-state index in [0.717, 1.165) is 28.2 Å². The molecule has 108 valence electrons. The van der Waals surface area contributed by atoms with E-state index in [-0.39, 0.29) is 0 Å². The third-order valence-corrected chi connectivity index (χ3v) is 4.11. The Morgan fingerprint density at radius 3 is 2.75 bits per heavy atom. The van der Waals surface area contributed by atoms with Gasteiger partial charge in [0, 0.05) is 13.6 Å². The Balaban J connectivity index is 2.11. The van der Waals surface area contributed by atoms with E-state index in [9.17, 15) is 0 Å². The third-order valence-electron chi connectivity index (χ3n) is 3.00. The van der Waals surface area contributed by atoms with E-state index < -0.39 is 0 Å². The van der Waals surface area contributed by atoms with Gasteiger partial charge in [-0.15, -0.1) is 0 Å². The number of hydrogen-bond donors (Lipinski definition) is 1. The molecule has 0 fully saturated rings. The van der Waals surface area contributed by atoms with Crippen molar-refractivity contribution in [2.45, 2.75) is 20.1 Å². The Bertz CT molecular complexity index is 613. The second-order valence-electron chi connectivity index (χ2n) is 4.55. The lowest BCUT2D eigenvalue weighted by Crippen LogP contribution is -2.06. The second-order valence-corrected chi connectivity index (χ2v) is 5.79. The van der Waals surface area contributed by atoms with E-state index in [1.54, 1.807) is 4.68 Å². The van der Waals surface area contributed by atoms with Gasteiger partial charge >= 0.3 is 0 Å². The van der Waals surface area contributed by atoms with Crippen LogP contribution in [0.25, 0.3) is 0 Å². The predicted octanol–water partition coefficient (Wildman–Crippen LogP) is 3.44. The molecule has 0 unspecified atom stereocenters. The van der Waals surface area contributed by atoms with Crippen LogP contribution in [0.3, 0.4) is 0 Å². The molecule has 1 aromatic carbocycles. The largest absolute Gasteiger partial charge is 0.486 e. The maximum absolute atomic E-state index is 6.20. The Morgan fingerprint density at radius 1 is 1.45 bits per heavy atom. The molecule has 2 rings (SSSR count). The van der Waals surface area contributed by atoms with Crippen molar-refractivity contribution in [2.75, 3.05) is 7.05 Å². The van der Waals surface area contributed by atoms with Crippen molar-refractivity contribution < 1.29 is 4.74 Å². The molecular weight excluding hydrogens is 342 g/mol.